The van der Waals surface area contributed by atoms with Gasteiger partial charge in [0.15, 0.2) is 5.96 Å². The Bertz CT molecular complexity index is 642. The molecule has 1 aliphatic rings. The van der Waals surface area contributed by atoms with Crippen LogP contribution in [0.1, 0.15) is 32.3 Å². The van der Waals surface area contributed by atoms with Crippen molar-refractivity contribution in [2.45, 2.75) is 33.2 Å². The molecule has 1 aromatic rings. The Hall–Kier alpha value is -1.55. The summed E-state index contributed by atoms with van der Waals surface area (Å²) >= 11 is 0. The highest BCUT2D eigenvalue weighted by molar-refractivity contribution is 14.0. The Morgan fingerprint density at radius 1 is 1.20 bits per heavy atom. The van der Waals surface area contributed by atoms with E-state index in [1.165, 1.54) is 12.7 Å². The molecule has 0 saturated carbocycles. The molecule has 0 radical (unpaired) electrons. The van der Waals surface area contributed by atoms with Gasteiger partial charge in [0.1, 0.15) is 12.4 Å². The summed E-state index contributed by atoms with van der Waals surface area (Å²) in [4.78, 5) is 20.6. The maximum Gasteiger partial charge on any atom is 0.308 e. The summed E-state index contributed by atoms with van der Waals surface area (Å²) in [6.07, 6.45) is 1.60. The molecule has 1 saturated heterocycles. The summed E-state index contributed by atoms with van der Waals surface area (Å²) in [5, 5.41) is 3.42. The molecule has 1 aliphatic heterocycles. The Morgan fingerprint density at radius 2 is 1.83 bits per heavy atom. The van der Waals surface area contributed by atoms with Crippen LogP contribution in [0.15, 0.2) is 29.3 Å². The molecular formula is C22H37IN4O3. The number of nitrogens with one attached hydrogen (secondary N) is 1. The number of methoxy groups -OCH3 is 1. The Kier molecular flexibility index (Phi) is 12.8. The van der Waals surface area contributed by atoms with Gasteiger partial charge in [0.05, 0.1) is 13.0 Å². The predicted molar refractivity (Wildman–Crippen MR) is 132 cm³/mol. The van der Waals surface area contributed by atoms with Gasteiger partial charge in [-0.05, 0) is 43.6 Å². The topological polar surface area (TPSA) is 66.4 Å². The summed E-state index contributed by atoms with van der Waals surface area (Å²) in [6, 6.07) is 8.20. The number of esters is 1. The molecule has 0 atom stereocenters. The normalized spacial score (nSPS) is 15.0. The first-order valence-corrected chi connectivity index (χ1v) is 10.6. The number of hydrogen-bond acceptors (Lipinski definition) is 5. The summed E-state index contributed by atoms with van der Waals surface area (Å²) in [5.41, 5.74) is 1.17. The van der Waals surface area contributed by atoms with Crippen LogP contribution in [-0.2, 0) is 16.1 Å². The van der Waals surface area contributed by atoms with Crippen LogP contribution in [-0.4, -0.2) is 75.2 Å². The van der Waals surface area contributed by atoms with E-state index in [0.717, 1.165) is 57.3 Å². The molecule has 1 heterocycles. The molecule has 0 unspecified atom stereocenters. The first kappa shape index (κ1) is 26.5. The number of aliphatic imine (C=N–C) groups is 1. The van der Waals surface area contributed by atoms with Gasteiger partial charge in [0.25, 0.3) is 0 Å². The zero-order valence-electron chi connectivity index (χ0n) is 18.7. The van der Waals surface area contributed by atoms with E-state index in [-0.39, 0.29) is 35.9 Å². The monoisotopic (exact) mass is 532 g/mol. The number of carbonyl (C=O) groups is 1. The number of piperidine rings is 1. The highest BCUT2D eigenvalue weighted by Gasteiger charge is 2.26. The van der Waals surface area contributed by atoms with Crippen LogP contribution in [0.3, 0.4) is 0 Å². The molecule has 1 N–H and O–H groups in total. The van der Waals surface area contributed by atoms with Gasteiger partial charge in [0.2, 0.25) is 0 Å². The van der Waals surface area contributed by atoms with Crippen LogP contribution in [0.2, 0.25) is 0 Å². The number of hydrogen-bond donors (Lipinski definition) is 1. The number of ether oxygens (including phenoxy) is 2. The highest BCUT2D eigenvalue weighted by atomic mass is 127. The second-order valence-electron chi connectivity index (χ2n) is 7.20. The average Bonchev–Trinajstić information content (AvgIpc) is 2.78. The standard InChI is InChI=1S/C22H36N4O3.HI/c1-5-25(6-2)15-16-29-20-9-7-18(8-10-20)17-24-22(23-3)26-13-11-19(12-14-26)21(27)28-4;/h7-10,19H,5-6,11-17H2,1-4H3,(H,23,24);1H. The molecule has 0 aliphatic carbocycles. The van der Waals surface area contributed by atoms with Crippen molar-refractivity contribution < 1.29 is 14.3 Å². The molecule has 0 amide bonds. The predicted octanol–water partition coefficient (Wildman–Crippen LogP) is 2.99. The minimum Gasteiger partial charge on any atom is -0.492 e. The second kappa shape index (κ2) is 14.5. The number of likely N-dealkylation sites (tertiary alicyclic amines) is 1. The maximum atomic E-state index is 11.7. The van der Waals surface area contributed by atoms with Crippen LogP contribution < -0.4 is 10.1 Å². The number of carbonyl (C=O) groups excluding carboxylic acids is 1. The minimum absolute atomic E-state index is 0. The van der Waals surface area contributed by atoms with Gasteiger partial charge < -0.3 is 24.6 Å². The van der Waals surface area contributed by atoms with Crippen LogP contribution in [0.25, 0.3) is 0 Å². The summed E-state index contributed by atoms with van der Waals surface area (Å²) < 4.78 is 10.7. The summed E-state index contributed by atoms with van der Waals surface area (Å²) in [7, 11) is 3.25. The first-order chi connectivity index (χ1) is 14.1. The molecule has 2 rings (SSSR count). The van der Waals surface area contributed by atoms with Crippen molar-refractivity contribution in [1.29, 1.82) is 0 Å². The lowest BCUT2D eigenvalue weighted by Crippen LogP contribution is -2.46. The van der Waals surface area contributed by atoms with E-state index in [9.17, 15) is 4.79 Å². The smallest absolute Gasteiger partial charge is 0.308 e. The molecule has 0 aromatic heterocycles. The third-order valence-electron chi connectivity index (χ3n) is 5.49. The van der Waals surface area contributed by atoms with Crippen LogP contribution >= 0.6 is 24.0 Å². The van der Waals surface area contributed by atoms with Crippen LogP contribution in [0.4, 0.5) is 0 Å². The van der Waals surface area contributed by atoms with Crippen molar-refractivity contribution in [2.24, 2.45) is 10.9 Å². The van der Waals surface area contributed by atoms with Gasteiger partial charge in [-0.1, -0.05) is 26.0 Å². The third kappa shape index (κ3) is 8.29. The van der Waals surface area contributed by atoms with E-state index in [1.54, 1.807) is 7.05 Å². The fraction of sp³-hybridized carbons (Fsp3) is 0.636. The molecule has 1 fully saturated rings. The van der Waals surface area contributed by atoms with Crippen molar-refractivity contribution >= 4 is 35.9 Å². The average molecular weight is 532 g/mol. The van der Waals surface area contributed by atoms with Gasteiger partial charge in [-0.25, -0.2) is 0 Å². The zero-order chi connectivity index (χ0) is 21.1. The maximum absolute atomic E-state index is 11.7. The number of halogens is 1. The van der Waals surface area contributed by atoms with Crippen molar-refractivity contribution in [1.82, 2.24) is 15.1 Å². The molecule has 8 heteroatoms. The van der Waals surface area contributed by atoms with Gasteiger partial charge in [-0.2, -0.15) is 0 Å². The van der Waals surface area contributed by atoms with Crippen molar-refractivity contribution in [3.8, 4) is 5.75 Å². The van der Waals surface area contributed by atoms with E-state index in [1.807, 2.05) is 12.1 Å². The number of guanidine groups is 1. The van der Waals surface area contributed by atoms with E-state index in [2.05, 4.69) is 46.1 Å². The number of rotatable bonds is 9. The fourth-order valence-corrected chi connectivity index (χ4v) is 3.54. The second-order valence-corrected chi connectivity index (χ2v) is 7.20. The van der Waals surface area contributed by atoms with Gasteiger partial charge in [-0.3, -0.25) is 9.79 Å². The number of benzene rings is 1. The molecule has 0 bridgehead atoms. The highest BCUT2D eigenvalue weighted by Crippen LogP contribution is 2.18. The van der Waals surface area contributed by atoms with Crippen molar-refractivity contribution in [3.05, 3.63) is 29.8 Å². The fourth-order valence-electron chi connectivity index (χ4n) is 3.54. The van der Waals surface area contributed by atoms with Crippen molar-refractivity contribution in [3.63, 3.8) is 0 Å². The quantitative estimate of drug-likeness (QED) is 0.228. The minimum atomic E-state index is -0.105. The largest absolute Gasteiger partial charge is 0.492 e. The Balaban J connectivity index is 0.00000450. The van der Waals surface area contributed by atoms with Gasteiger partial charge in [-0.15, -0.1) is 24.0 Å². The molecule has 0 spiro atoms. The van der Waals surface area contributed by atoms with Gasteiger partial charge >= 0.3 is 5.97 Å². The number of likely N-dealkylation sites (N-methyl/N-ethyl adjacent to an activating group) is 1. The SMILES string of the molecule is CCN(CC)CCOc1ccc(CNC(=NC)N2CCC(C(=O)OC)CC2)cc1.I. The van der Waals surface area contributed by atoms with E-state index in [4.69, 9.17) is 9.47 Å². The van der Waals surface area contributed by atoms with E-state index < -0.39 is 0 Å². The summed E-state index contributed by atoms with van der Waals surface area (Å²) in [6.45, 7) is 10.4. The molecule has 1 aromatic carbocycles. The summed E-state index contributed by atoms with van der Waals surface area (Å²) in [5.74, 6) is 1.67. The molecule has 30 heavy (non-hydrogen) atoms. The van der Waals surface area contributed by atoms with Crippen LogP contribution in [0.5, 0.6) is 5.75 Å². The lowest BCUT2D eigenvalue weighted by Gasteiger charge is -2.33. The number of nitrogens with zero attached hydrogens (tertiary/aromatic N) is 3. The Morgan fingerprint density at radius 3 is 2.37 bits per heavy atom. The lowest BCUT2D eigenvalue weighted by atomic mass is 9.97. The molecular weight excluding hydrogens is 495 g/mol. The van der Waals surface area contributed by atoms with E-state index in [0.29, 0.717) is 13.2 Å². The zero-order valence-corrected chi connectivity index (χ0v) is 21.1. The van der Waals surface area contributed by atoms with Gasteiger partial charge in [0, 0.05) is 33.2 Å². The molecule has 7 nitrogen and oxygen atoms in total. The third-order valence-corrected chi connectivity index (χ3v) is 5.49. The lowest BCUT2D eigenvalue weighted by molar-refractivity contribution is -0.146. The first-order valence-electron chi connectivity index (χ1n) is 10.6. The van der Waals surface area contributed by atoms with Crippen molar-refractivity contribution in [2.75, 3.05) is 53.5 Å². The van der Waals surface area contributed by atoms with Crippen LogP contribution in [0, 0.1) is 5.92 Å². The van der Waals surface area contributed by atoms with E-state index >= 15 is 0 Å². The Labute approximate surface area is 198 Å². The molecule has 170 valence electrons.